The van der Waals surface area contributed by atoms with Gasteiger partial charge in [0.2, 0.25) is 0 Å². The first kappa shape index (κ1) is 18.6. The number of nitrogens with zero attached hydrogens (tertiary/aromatic N) is 4. The average Bonchev–Trinajstić information content (AvgIpc) is 2.73. The predicted molar refractivity (Wildman–Crippen MR) is 99.9 cm³/mol. The zero-order valence-electron chi connectivity index (χ0n) is 15.4. The highest BCUT2D eigenvalue weighted by molar-refractivity contribution is 6.00. The summed E-state index contributed by atoms with van der Waals surface area (Å²) in [7, 11) is 1.58. The van der Waals surface area contributed by atoms with Gasteiger partial charge in [-0.2, -0.15) is 15.8 Å². The van der Waals surface area contributed by atoms with Crippen molar-refractivity contribution in [3.63, 3.8) is 0 Å². The van der Waals surface area contributed by atoms with Gasteiger partial charge in [-0.05, 0) is 29.8 Å². The third-order valence-corrected chi connectivity index (χ3v) is 5.79. The van der Waals surface area contributed by atoms with E-state index in [-0.39, 0.29) is 11.6 Å². The zero-order chi connectivity index (χ0) is 19.6. The molecule has 0 bridgehead atoms. The van der Waals surface area contributed by atoms with Crippen molar-refractivity contribution < 1.29 is 4.74 Å². The molecule has 2 aliphatic rings. The van der Waals surface area contributed by atoms with Crippen LogP contribution in [0, 0.1) is 56.7 Å². The second kappa shape index (κ2) is 7.23. The van der Waals surface area contributed by atoms with Crippen molar-refractivity contribution in [3.8, 4) is 24.0 Å². The standard InChI is InChI=1S/C21H21N5O/c1-3-26-9-8-16-17(10-22)20(25)21(12-23,13-24)19(18(16)11-26)14-4-6-15(27-2)7-5-14/h4-8,17-19,25H,3,9,11H2,1-2H3/t17?,18-,19-/m0/s1. The summed E-state index contributed by atoms with van der Waals surface area (Å²) in [5, 5.41) is 38.3. The molecule has 136 valence electrons. The molecule has 3 atom stereocenters. The van der Waals surface area contributed by atoms with Crippen molar-refractivity contribution in [2.24, 2.45) is 17.3 Å². The Morgan fingerprint density at radius 1 is 1.22 bits per heavy atom. The van der Waals surface area contributed by atoms with Crippen molar-refractivity contribution >= 4 is 5.71 Å². The first-order valence-electron chi connectivity index (χ1n) is 8.93. The number of nitrogens with one attached hydrogen (secondary N) is 1. The molecule has 6 heteroatoms. The number of methoxy groups -OCH3 is 1. The van der Waals surface area contributed by atoms with Gasteiger partial charge in [-0.15, -0.1) is 0 Å². The molecule has 1 fully saturated rings. The van der Waals surface area contributed by atoms with E-state index in [1.807, 2.05) is 18.2 Å². The fraction of sp³-hybridized carbons (Fsp3) is 0.429. The number of nitriles is 3. The highest BCUT2D eigenvalue weighted by Gasteiger charge is 2.57. The number of rotatable bonds is 3. The van der Waals surface area contributed by atoms with E-state index in [1.165, 1.54) is 0 Å². The lowest BCUT2D eigenvalue weighted by Crippen LogP contribution is -2.52. The molecule has 1 aliphatic heterocycles. The second-order valence-electron chi connectivity index (χ2n) is 6.92. The molecular weight excluding hydrogens is 338 g/mol. The van der Waals surface area contributed by atoms with E-state index in [4.69, 9.17) is 10.1 Å². The van der Waals surface area contributed by atoms with Gasteiger partial charge in [0, 0.05) is 24.9 Å². The van der Waals surface area contributed by atoms with Gasteiger partial charge in [0.25, 0.3) is 0 Å². The Kier molecular flexibility index (Phi) is 5.00. The van der Waals surface area contributed by atoms with Crippen LogP contribution in [0.1, 0.15) is 18.4 Å². The topological polar surface area (TPSA) is 108 Å². The minimum atomic E-state index is -1.66. The number of hydrogen-bond acceptors (Lipinski definition) is 6. The summed E-state index contributed by atoms with van der Waals surface area (Å²) < 4.78 is 5.22. The Morgan fingerprint density at radius 3 is 2.41 bits per heavy atom. The molecule has 1 heterocycles. The van der Waals surface area contributed by atoms with E-state index in [9.17, 15) is 15.8 Å². The molecule has 0 saturated heterocycles. The Labute approximate surface area is 159 Å². The quantitative estimate of drug-likeness (QED) is 0.835. The molecule has 1 aromatic carbocycles. The molecule has 6 nitrogen and oxygen atoms in total. The Morgan fingerprint density at radius 2 is 1.89 bits per heavy atom. The van der Waals surface area contributed by atoms with Crippen LogP contribution in [0.3, 0.4) is 0 Å². The molecule has 27 heavy (non-hydrogen) atoms. The van der Waals surface area contributed by atoms with Gasteiger partial charge in [0.05, 0.1) is 31.0 Å². The number of likely N-dealkylation sites (N-methyl/N-ethyl adjacent to an activating group) is 1. The largest absolute Gasteiger partial charge is 0.497 e. The van der Waals surface area contributed by atoms with Crippen LogP contribution < -0.4 is 4.74 Å². The second-order valence-corrected chi connectivity index (χ2v) is 6.92. The van der Waals surface area contributed by atoms with E-state index in [0.717, 1.165) is 24.2 Å². The fourth-order valence-corrected chi connectivity index (χ4v) is 4.31. The van der Waals surface area contributed by atoms with Crippen LogP contribution in [0.25, 0.3) is 0 Å². The Balaban J connectivity index is 2.21. The minimum Gasteiger partial charge on any atom is -0.497 e. The van der Waals surface area contributed by atoms with Crippen molar-refractivity contribution in [1.82, 2.24) is 4.90 Å². The van der Waals surface area contributed by atoms with E-state index in [1.54, 1.807) is 19.2 Å². The monoisotopic (exact) mass is 359 g/mol. The van der Waals surface area contributed by atoms with Gasteiger partial charge in [-0.3, -0.25) is 4.90 Å². The van der Waals surface area contributed by atoms with Crippen LogP contribution in [0.4, 0.5) is 0 Å². The Bertz CT molecular complexity index is 882. The molecule has 3 rings (SSSR count). The van der Waals surface area contributed by atoms with Crippen LogP contribution in [-0.2, 0) is 0 Å². The molecule has 1 aliphatic carbocycles. The maximum Gasteiger partial charge on any atom is 0.189 e. The van der Waals surface area contributed by atoms with Crippen molar-refractivity contribution in [2.45, 2.75) is 12.8 Å². The smallest absolute Gasteiger partial charge is 0.189 e. The Hall–Kier alpha value is -3.14. The molecule has 0 amide bonds. The van der Waals surface area contributed by atoms with E-state index in [0.29, 0.717) is 12.3 Å². The van der Waals surface area contributed by atoms with Crippen molar-refractivity contribution in [1.29, 1.82) is 21.2 Å². The summed E-state index contributed by atoms with van der Waals surface area (Å²) in [4.78, 5) is 2.23. The minimum absolute atomic E-state index is 0.108. The van der Waals surface area contributed by atoms with Gasteiger partial charge in [0.1, 0.15) is 11.7 Å². The molecule has 1 N–H and O–H groups in total. The van der Waals surface area contributed by atoms with E-state index >= 15 is 0 Å². The summed E-state index contributed by atoms with van der Waals surface area (Å²) in [6.07, 6.45) is 2.01. The van der Waals surface area contributed by atoms with E-state index in [2.05, 4.69) is 30.0 Å². The first-order chi connectivity index (χ1) is 13.1. The van der Waals surface area contributed by atoms with Gasteiger partial charge in [-0.25, -0.2) is 0 Å². The van der Waals surface area contributed by atoms with Crippen molar-refractivity contribution in [3.05, 3.63) is 41.5 Å². The summed E-state index contributed by atoms with van der Waals surface area (Å²) in [5.41, 5.74) is -0.0837. The molecule has 0 radical (unpaired) electrons. The summed E-state index contributed by atoms with van der Waals surface area (Å²) in [5.74, 6) is -0.794. The van der Waals surface area contributed by atoms with Gasteiger partial charge in [0.15, 0.2) is 5.41 Å². The van der Waals surface area contributed by atoms with Gasteiger partial charge < -0.3 is 10.1 Å². The first-order valence-corrected chi connectivity index (χ1v) is 8.93. The molecule has 1 saturated carbocycles. The van der Waals surface area contributed by atoms with Gasteiger partial charge >= 0.3 is 0 Å². The van der Waals surface area contributed by atoms with Crippen LogP contribution in [-0.4, -0.2) is 37.4 Å². The predicted octanol–water partition coefficient (Wildman–Crippen LogP) is 2.86. The lowest BCUT2D eigenvalue weighted by Gasteiger charge is -2.47. The molecule has 0 spiro atoms. The summed E-state index contributed by atoms with van der Waals surface area (Å²) >= 11 is 0. The molecule has 1 aromatic rings. The van der Waals surface area contributed by atoms with Crippen LogP contribution >= 0.6 is 0 Å². The van der Waals surface area contributed by atoms with Crippen LogP contribution in [0.2, 0.25) is 0 Å². The van der Waals surface area contributed by atoms with Crippen LogP contribution in [0.5, 0.6) is 5.75 Å². The molecule has 0 aromatic heterocycles. The average molecular weight is 359 g/mol. The SMILES string of the molecule is CCN1CC=C2C(C#N)C(=N)C(C#N)(C#N)[C@@H](c3ccc(OC)cc3)[C@H]2C1. The number of benzene rings is 1. The summed E-state index contributed by atoms with van der Waals surface area (Å²) in [6.45, 7) is 4.29. The highest BCUT2D eigenvalue weighted by Crippen LogP contribution is 2.53. The molecule has 1 unspecified atom stereocenters. The maximum atomic E-state index is 9.99. The van der Waals surface area contributed by atoms with Crippen LogP contribution in [0.15, 0.2) is 35.9 Å². The molecular formula is C21H21N5O. The maximum absolute atomic E-state index is 9.99. The lowest BCUT2D eigenvalue weighted by molar-refractivity contribution is 0.211. The number of ether oxygens (including phenoxy) is 1. The highest BCUT2D eigenvalue weighted by atomic mass is 16.5. The number of fused-ring (bicyclic) bond motifs is 1. The lowest BCUT2D eigenvalue weighted by atomic mass is 9.54. The fourth-order valence-electron chi connectivity index (χ4n) is 4.31. The van der Waals surface area contributed by atoms with E-state index < -0.39 is 17.3 Å². The van der Waals surface area contributed by atoms with Gasteiger partial charge in [-0.1, -0.05) is 25.1 Å². The normalized spacial score (nSPS) is 26.7. The van der Waals surface area contributed by atoms with Crippen molar-refractivity contribution in [2.75, 3.05) is 26.7 Å². The summed E-state index contributed by atoms with van der Waals surface area (Å²) in [6, 6.07) is 13.7. The third-order valence-electron chi connectivity index (χ3n) is 5.79. The third kappa shape index (κ3) is 2.78. The number of hydrogen-bond donors (Lipinski definition) is 1. The zero-order valence-corrected chi connectivity index (χ0v) is 15.4.